The lowest BCUT2D eigenvalue weighted by Gasteiger charge is -2.26. The summed E-state index contributed by atoms with van der Waals surface area (Å²) < 4.78 is 6.34. The highest BCUT2D eigenvalue weighted by atomic mass is 16.3. The smallest absolute Gasteiger partial charge is 0.143 e. The first-order valence-corrected chi connectivity index (χ1v) is 15.0. The molecule has 6 aromatic carbocycles. The lowest BCUT2D eigenvalue weighted by Crippen LogP contribution is -2.10. The average molecular weight is 564 g/mol. The molecule has 1 unspecified atom stereocenters. The van der Waals surface area contributed by atoms with Crippen molar-refractivity contribution in [2.75, 3.05) is 4.90 Å². The third-order valence-electron chi connectivity index (χ3n) is 8.40. The third-order valence-corrected chi connectivity index (χ3v) is 8.40. The minimum atomic E-state index is 0.243. The summed E-state index contributed by atoms with van der Waals surface area (Å²) in [6.45, 7) is 0. The molecule has 7 aromatic rings. The van der Waals surface area contributed by atoms with E-state index in [1.165, 1.54) is 16.7 Å². The fourth-order valence-electron chi connectivity index (χ4n) is 6.14. The van der Waals surface area contributed by atoms with Gasteiger partial charge in [-0.05, 0) is 76.9 Å². The van der Waals surface area contributed by atoms with Gasteiger partial charge in [-0.1, -0.05) is 115 Å². The van der Waals surface area contributed by atoms with E-state index >= 15 is 0 Å². The van der Waals surface area contributed by atoms with Crippen molar-refractivity contribution in [1.29, 1.82) is 0 Å². The third kappa shape index (κ3) is 4.74. The molecule has 0 radical (unpaired) electrons. The zero-order valence-corrected chi connectivity index (χ0v) is 24.1. The molecule has 0 bridgehead atoms. The van der Waals surface area contributed by atoms with Crippen molar-refractivity contribution in [1.82, 2.24) is 0 Å². The monoisotopic (exact) mass is 563 g/mol. The van der Waals surface area contributed by atoms with Crippen molar-refractivity contribution >= 4 is 39.0 Å². The fourth-order valence-corrected chi connectivity index (χ4v) is 6.14. The summed E-state index contributed by atoms with van der Waals surface area (Å²) in [4.78, 5) is 2.32. The Morgan fingerprint density at radius 3 is 1.84 bits per heavy atom. The van der Waals surface area contributed by atoms with Gasteiger partial charge >= 0.3 is 0 Å². The molecule has 2 heteroatoms. The van der Waals surface area contributed by atoms with E-state index in [0.717, 1.165) is 50.1 Å². The fraction of sp³-hybridized carbons (Fsp3) is 0.0238. The van der Waals surface area contributed by atoms with Gasteiger partial charge in [0.05, 0.1) is 0 Å². The van der Waals surface area contributed by atoms with Gasteiger partial charge in [0.25, 0.3) is 0 Å². The molecular formula is C42H29NO. The van der Waals surface area contributed by atoms with E-state index < -0.39 is 0 Å². The molecule has 0 saturated carbocycles. The van der Waals surface area contributed by atoms with Crippen molar-refractivity contribution < 1.29 is 4.42 Å². The van der Waals surface area contributed by atoms with E-state index in [0.29, 0.717) is 0 Å². The molecule has 1 aliphatic carbocycles. The Bertz CT molecular complexity index is 2180. The number of nitrogens with zero attached hydrogens (tertiary/aromatic N) is 1. The highest BCUT2D eigenvalue weighted by Crippen LogP contribution is 2.39. The predicted molar refractivity (Wildman–Crippen MR) is 184 cm³/mol. The van der Waals surface area contributed by atoms with Gasteiger partial charge in [-0.15, -0.1) is 5.73 Å². The first-order chi connectivity index (χ1) is 21.8. The molecule has 44 heavy (non-hydrogen) atoms. The molecule has 0 fully saturated rings. The molecule has 0 aliphatic heterocycles. The Morgan fingerprint density at radius 2 is 1.14 bits per heavy atom. The molecule has 1 atom stereocenters. The zero-order chi connectivity index (χ0) is 29.3. The van der Waals surface area contributed by atoms with Gasteiger partial charge in [0.15, 0.2) is 0 Å². The van der Waals surface area contributed by atoms with Crippen LogP contribution in [0.25, 0.3) is 44.2 Å². The van der Waals surface area contributed by atoms with E-state index in [4.69, 9.17) is 4.42 Å². The van der Waals surface area contributed by atoms with Crippen molar-refractivity contribution in [3.8, 4) is 22.3 Å². The second-order valence-corrected chi connectivity index (χ2v) is 11.1. The Morgan fingerprint density at radius 1 is 0.523 bits per heavy atom. The minimum absolute atomic E-state index is 0.243. The topological polar surface area (TPSA) is 16.4 Å². The van der Waals surface area contributed by atoms with Gasteiger partial charge in [-0.2, -0.15) is 0 Å². The molecule has 0 saturated heterocycles. The second kappa shape index (κ2) is 11.1. The number of para-hydroxylation sites is 2. The first-order valence-electron chi connectivity index (χ1n) is 15.0. The summed E-state index contributed by atoms with van der Waals surface area (Å²) in [5, 5.41) is 2.28. The molecule has 1 aromatic heterocycles. The summed E-state index contributed by atoms with van der Waals surface area (Å²) in [6, 6.07) is 51.6. The Balaban J connectivity index is 1.19. The number of fused-ring (bicyclic) bond motifs is 3. The van der Waals surface area contributed by atoms with Gasteiger partial charge in [-0.3, -0.25) is 0 Å². The van der Waals surface area contributed by atoms with Gasteiger partial charge in [0, 0.05) is 39.3 Å². The van der Waals surface area contributed by atoms with Gasteiger partial charge in [0.1, 0.15) is 11.2 Å². The Kier molecular flexibility index (Phi) is 6.53. The van der Waals surface area contributed by atoms with Crippen LogP contribution in [0.2, 0.25) is 0 Å². The number of hydrogen-bond donors (Lipinski definition) is 0. The number of allylic oxidation sites excluding steroid dienone is 3. The highest BCUT2D eigenvalue weighted by molar-refractivity contribution is 6.09. The number of rotatable bonds is 6. The summed E-state index contributed by atoms with van der Waals surface area (Å²) in [6.07, 6.45) is 8.32. The van der Waals surface area contributed by atoms with E-state index in [-0.39, 0.29) is 5.92 Å². The van der Waals surface area contributed by atoms with E-state index in [9.17, 15) is 0 Å². The molecule has 1 heterocycles. The van der Waals surface area contributed by atoms with Gasteiger partial charge in [-0.25, -0.2) is 0 Å². The molecular weight excluding hydrogens is 534 g/mol. The lowest BCUT2D eigenvalue weighted by molar-refractivity contribution is 0.670. The Labute approximate surface area is 257 Å². The van der Waals surface area contributed by atoms with Crippen molar-refractivity contribution in [2.45, 2.75) is 5.92 Å². The summed E-state index contributed by atoms with van der Waals surface area (Å²) in [5.74, 6) is 0.243. The van der Waals surface area contributed by atoms with Crippen LogP contribution in [0.1, 0.15) is 11.5 Å². The van der Waals surface area contributed by atoms with Crippen LogP contribution in [-0.4, -0.2) is 0 Å². The van der Waals surface area contributed by atoms with Gasteiger partial charge in [0.2, 0.25) is 0 Å². The number of benzene rings is 6. The second-order valence-electron chi connectivity index (χ2n) is 11.1. The SMILES string of the molecule is C1=CC=CC(c2ccc(N(c3ccc(-c4ccccc4)cc3)c3ccc(-c4cccc5c4oc4ccccc45)cc3)cc2)C=1. The standard InChI is InChI=1S/C42H29NO/c1-3-10-30(11-4-1)32-18-24-35(25-19-32)43(36-26-20-33(21-27-36)31-12-5-2-6-13-31)37-28-22-34(23-29-37)38-15-9-16-40-39-14-7-8-17-41(39)44-42(38)40/h1-5,7-29,31H. The number of furan rings is 1. The summed E-state index contributed by atoms with van der Waals surface area (Å²) in [5.41, 5.74) is 14.2. The van der Waals surface area contributed by atoms with Crippen molar-refractivity contribution in [3.05, 3.63) is 181 Å². The molecule has 0 spiro atoms. The van der Waals surface area contributed by atoms with E-state index in [1.807, 2.05) is 18.2 Å². The van der Waals surface area contributed by atoms with Gasteiger partial charge < -0.3 is 9.32 Å². The van der Waals surface area contributed by atoms with E-state index in [2.05, 4.69) is 162 Å². The number of hydrogen-bond acceptors (Lipinski definition) is 2. The van der Waals surface area contributed by atoms with Crippen LogP contribution in [0.5, 0.6) is 0 Å². The molecule has 0 N–H and O–H groups in total. The van der Waals surface area contributed by atoms with Crippen LogP contribution in [-0.2, 0) is 0 Å². The van der Waals surface area contributed by atoms with Crippen LogP contribution in [0.15, 0.2) is 180 Å². The summed E-state index contributed by atoms with van der Waals surface area (Å²) >= 11 is 0. The van der Waals surface area contributed by atoms with Crippen LogP contribution < -0.4 is 4.90 Å². The van der Waals surface area contributed by atoms with E-state index in [1.54, 1.807) is 0 Å². The molecule has 1 aliphatic rings. The molecule has 2 nitrogen and oxygen atoms in total. The van der Waals surface area contributed by atoms with Crippen LogP contribution in [0.3, 0.4) is 0 Å². The molecule has 0 amide bonds. The maximum Gasteiger partial charge on any atom is 0.143 e. The first kappa shape index (κ1) is 25.9. The minimum Gasteiger partial charge on any atom is -0.455 e. The van der Waals surface area contributed by atoms with Crippen LogP contribution in [0.4, 0.5) is 17.1 Å². The maximum absolute atomic E-state index is 6.34. The summed E-state index contributed by atoms with van der Waals surface area (Å²) in [7, 11) is 0. The van der Waals surface area contributed by atoms with Crippen LogP contribution in [0, 0.1) is 0 Å². The normalized spacial score (nSPS) is 14.0. The lowest BCUT2D eigenvalue weighted by atomic mass is 9.96. The van der Waals surface area contributed by atoms with Crippen molar-refractivity contribution in [3.63, 3.8) is 0 Å². The van der Waals surface area contributed by atoms with Crippen LogP contribution >= 0.6 is 0 Å². The highest BCUT2D eigenvalue weighted by Gasteiger charge is 2.16. The Hall–Kier alpha value is -5.82. The molecule has 8 rings (SSSR count). The average Bonchev–Trinajstić information content (AvgIpc) is 3.49. The zero-order valence-electron chi connectivity index (χ0n) is 24.1. The molecule has 208 valence electrons. The largest absolute Gasteiger partial charge is 0.455 e. The quantitative estimate of drug-likeness (QED) is 0.187. The number of anilines is 3. The predicted octanol–water partition coefficient (Wildman–Crippen LogP) is 11.8. The maximum atomic E-state index is 6.34. The van der Waals surface area contributed by atoms with Crippen molar-refractivity contribution in [2.24, 2.45) is 0 Å².